The van der Waals surface area contributed by atoms with E-state index in [1.807, 2.05) is 17.1 Å². The van der Waals surface area contributed by atoms with E-state index in [0.29, 0.717) is 19.2 Å². The number of anilines is 1. The Balaban J connectivity index is 2.25. The zero-order chi connectivity index (χ0) is 17.9. The number of hydrogen-bond acceptors (Lipinski definition) is 3. The van der Waals surface area contributed by atoms with E-state index in [4.69, 9.17) is 5.73 Å². The van der Waals surface area contributed by atoms with E-state index in [9.17, 15) is 22.4 Å². The maximum Gasteiger partial charge on any atom is 0.416 e. The Morgan fingerprint density at radius 1 is 1.21 bits per heavy atom. The van der Waals surface area contributed by atoms with Crippen LogP contribution in [0.1, 0.15) is 18.1 Å². The van der Waals surface area contributed by atoms with Gasteiger partial charge in [0.25, 0.3) is 0 Å². The highest BCUT2D eigenvalue weighted by Crippen LogP contribution is 2.35. The van der Waals surface area contributed by atoms with Gasteiger partial charge < -0.3 is 16.0 Å². The van der Waals surface area contributed by atoms with E-state index in [-0.39, 0.29) is 12.1 Å². The summed E-state index contributed by atoms with van der Waals surface area (Å²) in [5.41, 5.74) is 3.16. The van der Waals surface area contributed by atoms with Crippen molar-refractivity contribution in [1.29, 1.82) is 0 Å². The number of likely N-dealkylation sites (N-methyl/N-ethyl adjacent to an activating group) is 1. The van der Waals surface area contributed by atoms with Crippen molar-refractivity contribution in [2.45, 2.75) is 19.6 Å². The molecule has 0 unspecified atom stereocenters. The Morgan fingerprint density at radius 2 is 1.79 bits per heavy atom. The molecule has 1 heterocycles. The van der Waals surface area contributed by atoms with Crippen LogP contribution in [0, 0.1) is 5.82 Å². The first-order valence-electron chi connectivity index (χ1n) is 7.61. The molecule has 5 nitrogen and oxygen atoms in total. The Kier molecular flexibility index (Phi) is 5.66. The summed E-state index contributed by atoms with van der Waals surface area (Å²) in [7, 11) is 0. The summed E-state index contributed by atoms with van der Waals surface area (Å²) in [6.45, 7) is 5.69. The molecule has 24 heavy (non-hydrogen) atoms. The minimum atomic E-state index is -4.65. The fourth-order valence-corrected chi connectivity index (χ4v) is 2.74. The molecule has 0 aliphatic carbocycles. The van der Waals surface area contributed by atoms with Gasteiger partial charge in [-0.3, -0.25) is 4.90 Å². The first-order chi connectivity index (χ1) is 11.2. The normalized spacial score (nSPS) is 17.0. The molecule has 1 fully saturated rings. The van der Waals surface area contributed by atoms with Gasteiger partial charge in [-0.2, -0.15) is 13.2 Å². The molecule has 2 amide bonds. The Labute approximate surface area is 137 Å². The summed E-state index contributed by atoms with van der Waals surface area (Å²) >= 11 is 0. The molecule has 9 heteroatoms. The first kappa shape index (κ1) is 18.5. The predicted molar refractivity (Wildman–Crippen MR) is 82.0 cm³/mol. The average Bonchev–Trinajstić information content (AvgIpc) is 2.49. The smallest absolute Gasteiger partial charge is 0.351 e. The third kappa shape index (κ3) is 4.57. The van der Waals surface area contributed by atoms with E-state index in [0.717, 1.165) is 25.7 Å². The van der Waals surface area contributed by atoms with E-state index < -0.39 is 29.3 Å². The number of hydrogen-bond donors (Lipinski definition) is 2. The maximum absolute atomic E-state index is 14.0. The number of carbonyl (C=O) groups excluding carboxylic acids is 1. The van der Waals surface area contributed by atoms with Crippen molar-refractivity contribution in [3.8, 4) is 0 Å². The molecule has 1 aromatic carbocycles. The fraction of sp³-hybridized carbons (Fsp3) is 0.533. The van der Waals surface area contributed by atoms with Crippen molar-refractivity contribution in [3.05, 3.63) is 29.1 Å². The molecule has 0 atom stereocenters. The van der Waals surface area contributed by atoms with Crippen LogP contribution in [0.15, 0.2) is 12.1 Å². The lowest BCUT2D eigenvalue weighted by atomic mass is 10.0. The molecular weight excluding hydrogens is 328 g/mol. The van der Waals surface area contributed by atoms with E-state index in [2.05, 4.69) is 4.90 Å². The van der Waals surface area contributed by atoms with Crippen molar-refractivity contribution in [2.75, 3.05) is 38.0 Å². The molecule has 134 valence electrons. The van der Waals surface area contributed by atoms with E-state index in [1.54, 1.807) is 0 Å². The molecule has 0 saturated carbocycles. The van der Waals surface area contributed by atoms with Crippen LogP contribution in [0.4, 0.5) is 28.0 Å². The van der Waals surface area contributed by atoms with Crippen molar-refractivity contribution in [3.63, 3.8) is 0 Å². The lowest BCUT2D eigenvalue weighted by molar-refractivity contribution is -0.138. The molecule has 1 aliphatic rings. The van der Waals surface area contributed by atoms with Crippen molar-refractivity contribution < 1.29 is 22.4 Å². The second-order valence-electron chi connectivity index (χ2n) is 5.69. The second-order valence-corrected chi connectivity index (χ2v) is 5.69. The molecule has 0 aromatic heterocycles. The van der Waals surface area contributed by atoms with Gasteiger partial charge in [-0.1, -0.05) is 6.92 Å². The number of carbonyl (C=O) groups is 1. The molecule has 3 N–H and O–H groups in total. The van der Waals surface area contributed by atoms with Crippen LogP contribution in [0.2, 0.25) is 0 Å². The largest absolute Gasteiger partial charge is 0.416 e. The van der Waals surface area contributed by atoms with Gasteiger partial charge in [0.1, 0.15) is 5.82 Å². The number of alkyl halides is 3. The van der Waals surface area contributed by atoms with Gasteiger partial charge in [-0.25, -0.2) is 9.18 Å². The van der Waals surface area contributed by atoms with Crippen molar-refractivity contribution in [1.82, 2.24) is 9.80 Å². The predicted octanol–water partition coefficient (Wildman–Crippen LogP) is 2.47. The zero-order valence-electron chi connectivity index (χ0n) is 13.3. The fourth-order valence-electron chi connectivity index (χ4n) is 2.74. The van der Waals surface area contributed by atoms with Crippen molar-refractivity contribution in [2.24, 2.45) is 5.73 Å². The summed E-state index contributed by atoms with van der Waals surface area (Å²) in [5.74, 6) is -0.941. The zero-order valence-corrected chi connectivity index (χ0v) is 13.3. The number of nitrogens with zero attached hydrogens (tertiary/aromatic N) is 2. The van der Waals surface area contributed by atoms with Gasteiger partial charge in [0.2, 0.25) is 0 Å². The minimum absolute atomic E-state index is 0.000168. The third-order valence-electron chi connectivity index (χ3n) is 4.06. The lowest BCUT2D eigenvalue weighted by Gasteiger charge is -2.34. The average molecular weight is 348 g/mol. The quantitative estimate of drug-likeness (QED) is 0.822. The monoisotopic (exact) mass is 348 g/mol. The summed E-state index contributed by atoms with van der Waals surface area (Å²) in [6, 6.07) is 0.295. The highest BCUT2D eigenvalue weighted by Gasteiger charge is 2.35. The van der Waals surface area contributed by atoms with Gasteiger partial charge in [0, 0.05) is 32.7 Å². The second kappa shape index (κ2) is 7.35. The summed E-state index contributed by atoms with van der Waals surface area (Å²) in [5, 5.41) is 1.87. The van der Waals surface area contributed by atoms with Gasteiger partial charge in [-0.05, 0) is 24.2 Å². The van der Waals surface area contributed by atoms with Crippen LogP contribution in [0.25, 0.3) is 0 Å². The van der Waals surface area contributed by atoms with Gasteiger partial charge in [0.15, 0.2) is 0 Å². The Bertz CT molecular complexity index is 598. The number of piperazine rings is 1. The minimum Gasteiger partial charge on any atom is -0.351 e. The highest BCUT2D eigenvalue weighted by atomic mass is 19.4. The molecular formula is C15H20F4N4O. The van der Waals surface area contributed by atoms with Gasteiger partial charge in [-0.15, -0.1) is 0 Å². The van der Waals surface area contributed by atoms with Crippen LogP contribution in [0.3, 0.4) is 0 Å². The molecule has 1 saturated heterocycles. The van der Waals surface area contributed by atoms with Gasteiger partial charge in [0.05, 0.1) is 11.3 Å². The summed E-state index contributed by atoms with van der Waals surface area (Å²) in [6.07, 6.45) is -4.65. The SMILES string of the molecule is CCN1CCN(Cc2cc(F)c(NC(N)=O)cc2C(F)(F)F)CC1. The topological polar surface area (TPSA) is 61.6 Å². The van der Waals surface area contributed by atoms with Crippen LogP contribution in [-0.4, -0.2) is 48.6 Å². The lowest BCUT2D eigenvalue weighted by Crippen LogP contribution is -2.45. The first-order valence-corrected chi connectivity index (χ1v) is 7.61. The number of amides is 2. The number of halogens is 4. The number of nitrogens with one attached hydrogen (secondary N) is 1. The standard InChI is InChI=1S/C15H20F4N4O/c1-2-22-3-5-23(6-4-22)9-10-7-12(16)13(21-14(20)24)8-11(10)15(17,18)19/h7-8H,2-6,9H2,1H3,(H3,20,21,24). The molecule has 2 rings (SSSR count). The summed E-state index contributed by atoms with van der Waals surface area (Å²) in [4.78, 5) is 14.8. The van der Waals surface area contributed by atoms with Crippen LogP contribution < -0.4 is 11.1 Å². The number of rotatable bonds is 4. The maximum atomic E-state index is 14.0. The molecule has 0 radical (unpaired) electrons. The van der Waals surface area contributed by atoms with Crippen LogP contribution in [-0.2, 0) is 12.7 Å². The number of urea groups is 1. The number of benzene rings is 1. The van der Waals surface area contributed by atoms with Crippen LogP contribution >= 0.6 is 0 Å². The molecule has 1 aromatic rings. The summed E-state index contributed by atoms with van der Waals surface area (Å²) < 4.78 is 53.8. The number of primary amides is 1. The van der Waals surface area contributed by atoms with E-state index >= 15 is 0 Å². The Morgan fingerprint density at radius 3 is 2.29 bits per heavy atom. The van der Waals surface area contributed by atoms with E-state index in [1.165, 1.54) is 0 Å². The van der Waals surface area contributed by atoms with Crippen molar-refractivity contribution >= 4 is 11.7 Å². The highest BCUT2D eigenvalue weighted by molar-refractivity contribution is 5.88. The Hall–Kier alpha value is -1.87. The van der Waals surface area contributed by atoms with Gasteiger partial charge >= 0.3 is 12.2 Å². The molecule has 1 aliphatic heterocycles. The third-order valence-corrected chi connectivity index (χ3v) is 4.06. The molecule has 0 spiro atoms. The molecule has 0 bridgehead atoms. The number of nitrogens with two attached hydrogens (primary N) is 1. The van der Waals surface area contributed by atoms with Crippen LogP contribution in [0.5, 0.6) is 0 Å².